The van der Waals surface area contributed by atoms with Crippen LogP contribution in [0.2, 0.25) is 0 Å². The molecule has 3 aliphatic rings. The van der Waals surface area contributed by atoms with Gasteiger partial charge in [0.15, 0.2) is 0 Å². The molecular formula is C15H20O6. The highest BCUT2D eigenvalue weighted by Crippen LogP contribution is 2.68. The van der Waals surface area contributed by atoms with Crippen molar-refractivity contribution in [3.8, 4) is 0 Å². The van der Waals surface area contributed by atoms with E-state index in [4.69, 9.17) is 9.47 Å². The number of ketones is 1. The van der Waals surface area contributed by atoms with Crippen LogP contribution in [0.3, 0.4) is 0 Å². The summed E-state index contributed by atoms with van der Waals surface area (Å²) in [6.07, 6.45) is 0.585. The number of carbonyl (C=O) groups excluding carboxylic acids is 3. The molecule has 2 heterocycles. The maximum atomic E-state index is 12.2. The SMILES string of the molecule is CC(=O)[C@]1(C)COC(=O)C[C@@]23CC(=O)O[C@]2(C)CC[C@]31O. The number of cyclic esters (lactones) is 1. The minimum absolute atomic E-state index is 0.0576. The molecule has 0 aromatic carbocycles. The summed E-state index contributed by atoms with van der Waals surface area (Å²) < 4.78 is 10.6. The highest BCUT2D eigenvalue weighted by molar-refractivity contribution is 5.87. The molecule has 3 rings (SSSR count). The van der Waals surface area contributed by atoms with E-state index in [1.54, 1.807) is 13.8 Å². The van der Waals surface area contributed by atoms with Crippen molar-refractivity contribution in [1.29, 1.82) is 0 Å². The third kappa shape index (κ3) is 1.44. The molecule has 3 fully saturated rings. The van der Waals surface area contributed by atoms with E-state index < -0.39 is 34.0 Å². The van der Waals surface area contributed by atoms with Crippen molar-refractivity contribution in [2.75, 3.05) is 6.61 Å². The van der Waals surface area contributed by atoms with Crippen molar-refractivity contribution in [3.63, 3.8) is 0 Å². The average molecular weight is 296 g/mol. The van der Waals surface area contributed by atoms with Crippen molar-refractivity contribution < 1.29 is 29.0 Å². The quantitative estimate of drug-likeness (QED) is 0.718. The topological polar surface area (TPSA) is 89.9 Å². The number of ether oxygens (including phenoxy) is 2. The zero-order valence-electron chi connectivity index (χ0n) is 12.5. The Morgan fingerprint density at radius 2 is 1.76 bits per heavy atom. The molecule has 2 aliphatic heterocycles. The lowest BCUT2D eigenvalue weighted by molar-refractivity contribution is -0.182. The summed E-state index contributed by atoms with van der Waals surface area (Å²) >= 11 is 0. The zero-order chi connectivity index (χ0) is 15.7. The first-order valence-electron chi connectivity index (χ1n) is 7.21. The summed E-state index contributed by atoms with van der Waals surface area (Å²) in [4.78, 5) is 36.2. The lowest BCUT2D eigenvalue weighted by atomic mass is 9.55. The van der Waals surface area contributed by atoms with Crippen molar-refractivity contribution in [2.45, 2.75) is 57.7 Å². The monoisotopic (exact) mass is 296 g/mol. The van der Waals surface area contributed by atoms with Crippen molar-refractivity contribution in [3.05, 3.63) is 0 Å². The number of rotatable bonds is 1. The Bertz CT molecular complexity index is 556. The molecule has 2 saturated heterocycles. The van der Waals surface area contributed by atoms with E-state index in [0.717, 1.165) is 0 Å². The molecule has 21 heavy (non-hydrogen) atoms. The van der Waals surface area contributed by atoms with Gasteiger partial charge in [0.2, 0.25) is 0 Å². The Morgan fingerprint density at radius 1 is 1.14 bits per heavy atom. The van der Waals surface area contributed by atoms with E-state index in [9.17, 15) is 19.5 Å². The molecular weight excluding hydrogens is 276 g/mol. The Kier molecular flexibility index (Phi) is 2.66. The predicted molar refractivity (Wildman–Crippen MR) is 70.1 cm³/mol. The first kappa shape index (κ1) is 14.5. The van der Waals surface area contributed by atoms with Crippen LogP contribution in [0.15, 0.2) is 0 Å². The van der Waals surface area contributed by atoms with Crippen molar-refractivity contribution in [1.82, 2.24) is 0 Å². The Hall–Kier alpha value is -1.43. The van der Waals surface area contributed by atoms with Gasteiger partial charge in [-0.25, -0.2) is 0 Å². The van der Waals surface area contributed by atoms with E-state index in [2.05, 4.69) is 0 Å². The van der Waals surface area contributed by atoms with Crippen LogP contribution in [0.25, 0.3) is 0 Å². The van der Waals surface area contributed by atoms with Gasteiger partial charge in [0.05, 0.1) is 29.3 Å². The van der Waals surface area contributed by atoms with Crippen LogP contribution in [0, 0.1) is 10.8 Å². The van der Waals surface area contributed by atoms with Gasteiger partial charge in [0.1, 0.15) is 18.0 Å². The maximum absolute atomic E-state index is 12.2. The Balaban J connectivity index is 2.25. The second kappa shape index (κ2) is 3.85. The molecule has 0 radical (unpaired) electrons. The van der Waals surface area contributed by atoms with E-state index in [-0.39, 0.29) is 25.2 Å². The standard InChI is InChI=1S/C15H20O6/c1-9(16)12(2)8-20-10(17)6-14-7-11(18)21-13(14,3)4-5-15(12,14)19/h19H,4-8H2,1-3H3/t12-,13+,14+,15+/m0/s1. The molecule has 0 amide bonds. The fraction of sp³-hybridized carbons (Fsp3) is 0.800. The summed E-state index contributed by atoms with van der Waals surface area (Å²) in [6.45, 7) is 4.58. The molecule has 1 spiro atoms. The zero-order valence-corrected chi connectivity index (χ0v) is 12.5. The van der Waals surface area contributed by atoms with Crippen LogP contribution in [-0.2, 0) is 23.9 Å². The number of Topliss-reactive ketones (excluding diaryl/α,β-unsaturated/α-hetero) is 1. The molecule has 1 aliphatic carbocycles. The fourth-order valence-corrected chi connectivity index (χ4v) is 4.59. The van der Waals surface area contributed by atoms with Gasteiger partial charge in [-0.15, -0.1) is 0 Å². The first-order chi connectivity index (χ1) is 9.60. The van der Waals surface area contributed by atoms with Crippen molar-refractivity contribution in [2.24, 2.45) is 10.8 Å². The molecule has 0 unspecified atom stereocenters. The summed E-state index contributed by atoms with van der Waals surface area (Å²) in [5.74, 6) is -1.18. The fourth-order valence-electron chi connectivity index (χ4n) is 4.59. The van der Waals surface area contributed by atoms with Crippen LogP contribution >= 0.6 is 0 Å². The molecule has 1 saturated carbocycles. The number of hydrogen-bond acceptors (Lipinski definition) is 6. The lowest BCUT2D eigenvalue weighted by Crippen LogP contribution is -2.62. The first-order valence-corrected chi connectivity index (χ1v) is 7.21. The minimum Gasteiger partial charge on any atom is -0.464 e. The lowest BCUT2D eigenvalue weighted by Gasteiger charge is -2.49. The molecule has 0 aromatic heterocycles. The number of carbonyl (C=O) groups is 3. The Labute approximate surface area is 122 Å². The van der Waals surface area contributed by atoms with Gasteiger partial charge in [0, 0.05) is 0 Å². The summed E-state index contributed by atoms with van der Waals surface area (Å²) in [5, 5.41) is 11.5. The Morgan fingerprint density at radius 3 is 2.38 bits per heavy atom. The smallest absolute Gasteiger partial charge is 0.307 e. The number of esters is 2. The van der Waals surface area contributed by atoms with Crippen LogP contribution < -0.4 is 0 Å². The normalized spacial score (nSPS) is 49.0. The van der Waals surface area contributed by atoms with Gasteiger partial charge in [-0.1, -0.05) is 0 Å². The van der Waals surface area contributed by atoms with Gasteiger partial charge >= 0.3 is 11.9 Å². The van der Waals surface area contributed by atoms with Gasteiger partial charge in [-0.05, 0) is 33.6 Å². The molecule has 4 atom stereocenters. The maximum Gasteiger partial charge on any atom is 0.307 e. The van der Waals surface area contributed by atoms with Crippen LogP contribution in [0.4, 0.5) is 0 Å². The third-order valence-corrected chi connectivity index (χ3v) is 6.21. The molecule has 116 valence electrons. The highest BCUT2D eigenvalue weighted by Gasteiger charge is 2.78. The summed E-state index contributed by atoms with van der Waals surface area (Å²) in [7, 11) is 0. The second-order valence-electron chi connectivity index (χ2n) is 7.05. The predicted octanol–water partition coefficient (Wildman–Crippen LogP) is 0.746. The molecule has 0 aromatic rings. The van der Waals surface area contributed by atoms with E-state index >= 15 is 0 Å². The average Bonchev–Trinajstić information content (AvgIpc) is 2.71. The molecule has 6 nitrogen and oxygen atoms in total. The van der Waals surface area contributed by atoms with Crippen LogP contribution in [0.5, 0.6) is 0 Å². The molecule has 6 heteroatoms. The highest BCUT2D eigenvalue weighted by atomic mass is 16.6. The number of aliphatic hydroxyl groups is 1. The van der Waals surface area contributed by atoms with Gasteiger partial charge in [-0.2, -0.15) is 0 Å². The van der Waals surface area contributed by atoms with Crippen LogP contribution in [0.1, 0.15) is 46.5 Å². The molecule has 0 bridgehead atoms. The molecule has 1 N–H and O–H groups in total. The van der Waals surface area contributed by atoms with Gasteiger partial charge < -0.3 is 14.6 Å². The number of hydrogen-bond donors (Lipinski definition) is 1. The third-order valence-electron chi connectivity index (χ3n) is 6.21. The summed E-state index contributed by atoms with van der Waals surface area (Å²) in [5.41, 5.74) is -4.74. The van der Waals surface area contributed by atoms with E-state index in [0.29, 0.717) is 12.8 Å². The van der Waals surface area contributed by atoms with Gasteiger partial charge in [-0.3, -0.25) is 14.4 Å². The van der Waals surface area contributed by atoms with Crippen LogP contribution in [-0.4, -0.2) is 40.6 Å². The van der Waals surface area contributed by atoms with Gasteiger partial charge in [0.25, 0.3) is 0 Å². The second-order valence-corrected chi connectivity index (χ2v) is 7.05. The minimum atomic E-state index is -1.49. The van der Waals surface area contributed by atoms with E-state index in [1.807, 2.05) is 0 Å². The summed E-state index contributed by atoms with van der Waals surface area (Å²) in [6, 6.07) is 0. The largest absolute Gasteiger partial charge is 0.464 e. The van der Waals surface area contributed by atoms with Crippen molar-refractivity contribution >= 4 is 17.7 Å². The van der Waals surface area contributed by atoms with E-state index in [1.165, 1.54) is 6.92 Å².